The van der Waals surface area contributed by atoms with Gasteiger partial charge in [-0.15, -0.1) is 0 Å². The van der Waals surface area contributed by atoms with E-state index < -0.39 is 0 Å². The van der Waals surface area contributed by atoms with E-state index in [0.717, 1.165) is 31.2 Å². The number of hydrogen-bond donors (Lipinski definition) is 3. The van der Waals surface area contributed by atoms with E-state index in [4.69, 9.17) is 0 Å². The number of imide groups is 1. The molecule has 1 aromatic rings. The standard InChI is InChI=1S/C18H27N3O2/c1-13(2)17(14-8-4-3-5-9-14)19-12-16(22)21-18(23)20-15-10-6-7-11-15/h3-5,8-9,13,15,17,19H,6-7,10-12H2,1-2H3,(H2,20,21,22,23)/t17-/m1/s1. The lowest BCUT2D eigenvalue weighted by molar-refractivity contribution is -0.119. The highest BCUT2D eigenvalue weighted by molar-refractivity contribution is 5.95. The molecule has 126 valence electrons. The van der Waals surface area contributed by atoms with E-state index in [0.29, 0.717) is 5.92 Å². The van der Waals surface area contributed by atoms with Crippen LogP contribution in [0.5, 0.6) is 0 Å². The predicted octanol–water partition coefficient (Wildman–Crippen LogP) is 2.74. The van der Waals surface area contributed by atoms with Gasteiger partial charge in [-0.2, -0.15) is 0 Å². The second-order valence-corrected chi connectivity index (χ2v) is 6.52. The smallest absolute Gasteiger partial charge is 0.321 e. The van der Waals surface area contributed by atoms with Crippen LogP contribution < -0.4 is 16.0 Å². The molecular formula is C18H27N3O2. The van der Waals surface area contributed by atoms with Crippen LogP contribution in [0.2, 0.25) is 0 Å². The van der Waals surface area contributed by atoms with Gasteiger partial charge in [-0.1, -0.05) is 57.0 Å². The Bertz CT molecular complexity index is 510. The molecule has 1 aliphatic rings. The number of hydrogen-bond acceptors (Lipinski definition) is 3. The largest absolute Gasteiger partial charge is 0.335 e. The molecule has 1 saturated carbocycles. The summed E-state index contributed by atoms with van der Waals surface area (Å²) in [7, 11) is 0. The van der Waals surface area contributed by atoms with Crippen LogP contribution >= 0.6 is 0 Å². The maximum atomic E-state index is 12.0. The Hall–Kier alpha value is -1.88. The summed E-state index contributed by atoms with van der Waals surface area (Å²) in [5.74, 6) is 0.0413. The summed E-state index contributed by atoms with van der Waals surface area (Å²) in [5, 5.41) is 8.50. The topological polar surface area (TPSA) is 70.2 Å². The number of carbonyl (C=O) groups excluding carboxylic acids is 2. The third kappa shape index (κ3) is 5.67. The minimum absolute atomic E-state index is 0.0832. The Morgan fingerprint density at radius 3 is 2.39 bits per heavy atom. The van der Waals surface area contributed by atoms with Crippen molar-refractivity contribution in [2.24, 2.45) is 5.92 Å². The van der Waals surface area contributed by atoms with Crippen molar-refractivity contribution in [1.29, 1.82) is 0 Å². The molecule has 3 N–H and O–H groups in total. The Kier molecular flexibility index (Phi) is 6.59. The lowest BCUT2D eigenvalue weighted by Gasteiger charge is -2.22. The van der Waals surface area contributed by atoms with Crippen molar-refractivity contribution in [2.75, 3.05) is 6.54 Å². The van der Waals surface area contributed by atoms with Gasteiger partial charge >= 0.3 is 6.03 Å². The molecule has 0 aromatic heterocycles. The Balaban J connectivity index is 1.78. The molecule has 1 atom stereocenters. The molecule has 2 rings (SSSR count). The molecule has 0 spiro atoms. The van der Waals surface area contributed by atoms with Crippen molar-refractivity contribution in [2.45, 2.75) is 51.6 Å². The van der Waals surface area contributed by atoms with Crippen molar-refractivity contribution in [3.8, 4) is 0 Å². The molecule has 0 saturated heterocycles. The summed E-state index contributed by atoms with van der Waals surface area (Å²) in [6.45, 7) is 4.33. The normalized spacial score (nSPS) is 16.3. The van der Waals surface area contributed by atoms with Crippen molar-refractivity contribution in [3.05, 3.63) is 35.9 Å². The number of rotatable bonds is 6. The fourth-order valence-electron chi connectivity index (χ4n) is 3.06. The molecule has 0 heterocycles. The first kappa shape index (κ1) is 17.5. The number of nitrogens with one attached hydrogen (secondary N) is 3. The van der Waals surface area contributed by atoms with E-state index in [1.807, 2.05) is 30.3 Å². The van der Waals surface area contributed by atoms with Crippen LogP contribution in [0.4, 0.5) is 4.79 Å². The minimum Gasteiger partial charge on any atom is -0.335 e. The molecule has 1 fully saturated rings. The van der Waals surface area contributed by atoms with Gasteiger partial charge in [0, 0.05) is 12.1 Å². The monoisotopic (exact) mass is 317 g/mol. The van der Waals surface area contributed by atoms with Crippen LogP contribution in [0.25, 0.3) is 0 Å². The first-order valence-corrected chi connectivity index (χ1v) is 8.45. The third-order valence-corrected chi connectivity index (χ3v) is 4.25. The number of urea groups is 1. The van der Waals surface area contributed by atoms with Crippen LogP contribution in [-0.2, 0) is 4.79 Å². The number of benzene rings is 1. The van der Waals surface area contributed by atoms with E-state index in [2.05, 4.69) is 29.8 Å². The maximum absolute atomic E-state index is 12.0. The van der Waals surface area contributed by atoms with Gasteiger partial charge in [0.1, 0.15) is 0 Å². The quantitative estimate of drug-likeness (QED) is 0.755. The van der Waals surface area contributed by atoms with E-state index in [-0.39, 0.29) is 30.6 Å². The number of carbonyl (C=O) groups is 2. The average molecular weight is 317 g/mol. The first-order chi connectivity index (χ1) is 11.1. The van der Waals surface area contributed by atoms with Gasteiger partial charge in [-0.25, -0.2) is 4.79 Å². The van der Waals surface area contributed by atoms with Gasteiger partial charge in [0.25, 0.3) is 0 Å². The van der Waals surface area contributed by atoms with Crippen molar-refractivity contribution in [1.82, 2.24) is 16.0 Å². The van der Waals surface area contributed by atoms with Gasteiger partial charge in [0.15, 0.2) is 0 Å². The third-order valence-electron chi connectivity index (χ3n) is 4.25. The summed E-state index contributed by atoms with van der Waals surface area (Å²) >= 11 is 0. The Morgan fingerprint density at radius 2 is 1.78 bits per heavy atom. The average Bonchev–Trinajstić information content (AvgIpc) is 3.00. The van der Waals surface area contributed by atoms with Crippen LogP contribution in [0.3, 0.4) is 0 Å². The lowest BCUT2D eigenvalue weighted by Crippen LogP contribution is -2.46. The van der Waals surface area contributed by atoms with Crippen LogP contribution in [0.1, 0.15) is 51.1 Å². The minimum atomic E-state index is -0.385. The molecule has 0 bridgehead atoms. The maximum Gasteiger partial charge on any atom is 0.321 e. The van der Waals surface area contributed by atoms with Gasteiger partial charge in [-0.05, 0) is 24.3 Å². The molecule has 3 amide bonds. The van der Waals surface area contributed by atoms with Crippen molar-refractivity contribution in [3.63, 3.8) is 0 Å². The first-order valence-electron chi connectivity index (χ1n) is 8.45. The van der Waals surface area contributed by atoms with E-state index >= 15 is 0 Å². The molecule has 0 radical (unpaired) electrons. The highest BCUT2D eigenvalue weighted by atomic mass is 16.2. The Morgan fingerprint density at radius 1 is 1.13 bits per heavy atom. The van der Waals surface area contributed by atoms with E-state index in [1.54, 1.807) is 0 Å². The summed E-state index contributed by atoms with van der Waals surface area (Å²) < 4.78 is 0. The fraction of sp³-hybridized carbons (Fsp3) is 0.556. The van der Waals surface area contributed by atoms with Gasteiger partial charge in [0.05, 0.1) is 6.54 Å². The second kappa shape index (κ2) is 8.67. The molecule has 1 aromatic carbocycles. The zero-order valence-corrected chi connectivity index (χ0v) is 14.0. The van der Waals surface area contributed by atoms with Gasteiger partial charge < -0.3 is 10.6 Å². The molecule has 0 unspecified atom stereocenters. The molecular weight excluding hydrogens is 290 g/mol. The zero-order valence-electron chi connectivity index (χ0n) is 14.0. The predicted molar refractivity (Wildman–Crippen MR) is 91.0 cm³/mol. The van der Waals surface area contributed by atoms with E-state index in [1.165, 1.54) is 0 Å². The molecule has 5 nitrogen and oxygen atoms in total. The van der Waals surface area contributed by atoms with Crippen molar-refractivity contribution >= 4 is 11.9 Å². The summed E-state index contributed by atoms with van der Waals surface area (Å²) in [5.41, 5.74) is 1.14. The highest BCUT2D eigenvalue weighted by Gasteiger charge is 2.19. The molecule has 23 heavy (non-hydrogen) atoms. The molecule has 1 aliphatic carbocycles. The summed E-state index contributed by atoms with van der Waals surface area (Å²) in [4.78, 5) is 23.7. The van der Waals surface area contributed by atoms with E-state index in [9.17, 15) is 9.59 Å². The lowest BCUT2D eigenvalue weighted by atomic mass is 9.96. The second-order valence-electron chi connectivity index (χ2n) is 6.52. The fourth-order valence-corrected chi connectivity index (χ4v) is 3.06. The Labute approximate surface area is 138 Å². The molecule has 0 aliphatic heterocycles. The molecule has 5 heteroatoms. The number of amides is 3. The summed E-state index contributed by atoms with van der Waals surface area (Å²) in [6.07, 6.45) is 4.30. The van der Waals surface area contributed by atoms with Crippen molar-refractivity contribution < 1.29 is 9.59 Å². The SMILES string of the molecule is CC(C)[C@@H](NCC(=O)NC(=O)NC1CCCC1)c1ccccc1. The van der Waals surface area contributed by atoms with Crippen LogP contribution in [-0.4, -0.2) is 24.5 Å². The zero-order chi connectivity index (χ0) is 16.7. The van der Waals surface area contributed by atoms with Crippen LogP contribution in [0.15, 0.2) is 30.3 Å². The van der Waals surface area contributed by atoms with Crippen LogP contribution in [0, 0.1) is 5.92 Å². The van der Waals surface area contributed by atoms with Gasteiger partial charge in [-0.3, -0.25) is 10.1 Å². The summed E-state index contributed by atoms with van der Waals surface area (Å²) in [6, 6.07) is 9.95. The highest BCUT2D eigenvalue weighted by Crippen LogP contribution is 2.20. The van der Waals surface area contributed by atoms with Gasteiger partial charge in [0.2, 0.25) is 5.91 Å².